The molecule has 1 heterocycles. The van der Waals surface area contributed by atoms with Crippen molar-refractivity contribution in [2.75, 3.05) is 14.1 Å². The first-order chi connectivity index (χ1) is 8.54. The maximum absolute atomic E-state index is 6.55. The van der Waals surface area contributed by atoms with E-state index < -0.39 is 0 Å². The first-order valence-corrected chi connectivity index (χ1v) is 6.98. The van der Waals surface area contributed by atoms with Crippen LogP contribution in [0.3, 0.4) is 0 Å². The van der Waals surface area contributed by atoms with Crippen molar-refractivity contribution in [3.63, 3.8) is 0 Å². The molecule has 0 amide bonds. The molecule has 1 saturated carbocycles. The molecule has 0 radical (unpaired) electrons. The molecule has 3 atom stereocenters. The van der Waals surface area contributed by atoms with Gasteiger partial charge in [0.05, 0.1) is 12.5 Å². The number of furan rings is 1. The molecular weight excluding hydrogens is 224 g/mol. The molecule has 0 aliphatic heterocycles. The molecule has 2 rings (SSSR count). The van der Waals surface area contributed by atoms with Crippen LogP contribution in [0.25, 0.3) is 0 Å². The summed E-state index contributed by atoms with van der Waals surface area (Å²) in [6, 6.07) is 2.20. The van der Waals surface area contributed by atoms with Crippen molar-refractivity contribution in [3.8, 4) is 0 Å². The lowest BCUT2D eigenvalue weighted by Crippen LogP contribution is -2.60. The van der Waals surface area contributed by atoms with Crippen molar-refractivity contribution >= 4 is 0 Å². The van der Waals surface area contributed by atoms with Crippen LogP contribution in [0.5, 0.6) is 0 Å². The summed E-state index contributed by atoms with van der Waals surface area (Å²) >= 11 is 0. The Bertz CT molecular complexity index is 361. The fourth-order valence-corrected chi connectivity index (χ4v) is 3.49. The summed E-state index contributed by atoms with van der Waals surface area (Å²) in [6.45, 7) is 2.35. The predicted octanol–water partition coefficient (Wildman–Crippen LogP) is 2.66. The lowest BCUT2D eigenvalue weighted by atomic mass is 9.70. The Morgan fingerprint density at radius 1 is 1.56 bits per heavy atom. The van der Waals surface area contributed by atoms with Crippen LogP contribution in [0.2, 0.25) is 0 Å². The Balaban J connectivity index is 2.13. The molecule has 0 spiro atoms. The normalized spacial score (nSPS) is 30.6. The fourth-order valence-electron chi connectivity index (χ4n) is 3.49. The topological polar surface area (TPSA) is 42.4 Å². The van der Waals surface area contributed by atoms with Crippen LogP contribution in [0.4, 0.5) is 0 Å². The summed E-state index contributed by atoms with van der Waals surface area (Å²) in [5.74, 6) is 0.775. The second-order valence-corrected chi connectivity index (χ2v) is 6.14. The number of hydrogen-bond acceptors (Lipinski definition) is 3. The molecule has 2 N–H and O–H groups in total. The van der Waals surface area contributed by atoms with Crippen molar-refractivity contribution in [2.24, 2.45) is 11.7 Å². The highest BCUT2D eigenvalue weighted by molar-refractivity contribution is 5.12. The third kappa shape index (κ3) is 2.62. The summed E-state index contributed by atoms with van der Waals surface area (Å²) in [4.78, 5) is 2.35. The first-order valence-electron chi connectivity index (χ1n) is 6.98. The molecular formula is C15H26N2O. The van der Waals surface area contributed by atoms with Gasteiger partial charge in [0.2, 0.25) is 0 Å². The number of nitrogens with two attached hydrogens (primary N) is 1. The van der Waals surface area contributed by atoms with E-state index >= 15 is 0 Å². The molecule has 1 aliphatic rings. The summed E-state index contributed by atoms with van der Waals surface area (Å²) in [6.07, 6.45) is 9.50. The third-order valence-corrected chi connectivity index (χ3v) is 4.63. The van der Waals surface area contributed by atoms with Crippen molar-refractivity contribution in [2.45, 2.75) is 50.6 Å². The van der Waals surface area contributed by atoms with Crippen molar-refractivity contribution in [3.05, 3.63) is 24.2 Å². The molecule has 102 valence electrons. The number of nitrogens with zero attached hydrogens (tertiary/aromatic N) is 1. The van der Waals surface area contributed by atoms with E-state index in [2.05, 4.69) is 25.9 Å². The van der Waals surface area contributed by atoms with E-state index in [0.717, 1.165) is 12.3 Å². The zero-order valence-corrected chi connectivity index (χ0v) is 11.9. The second kappa shape index (κ2) is 5.45. The molecule has 1 aromatic heterocycles. The first kappa shape index (κ1) is 13.6. The van der Waals surface area contributed by atoms with Gasteiger partial charge in [0.1, 0.15) is 0 Å². The second-order valence-electron chi connectivity index (χ2n) is 6.14. The van der Waals surface area contributed by atoms with Crippen LogP contribution in [-0.4, -0.2) is 30.6 Å². The number of rotatable bonds is 4. The van der Waals surface area contributed by atoms with E-state index in [1.165, 1.54) is 31.2 Å². The van der Waals surface area contributed by atoms with Crippen LogP contribution in [-0.2, 0) is 6.42 Å². The molecule has 3 nitrogen and oxygen atoms in total. The maximum atomic E-state index is 6.55. The van der Waals surface area contributed by atoms with Crippen molar-refractivity contribution in [1.82, 2.24) is 4.90 Å². The van der Waals surface area contributed by atoms with Crippen LogP contribution in [0.1, 0.15) is 38.2 Å². The molecule has 1 aliphatic carbocycles. The van der Waals surface area contributed by atoms with E-state index in [1.54, 1.807) is 6.26 Å². The van der Waals surface area contributed by atoms with Gasteiger partial charge in [-0.1, -0.05) is 19.8 Å². The summed E-state index contributed by atoms with van der Waals surface area (Å²) in [5, 5.41) is 0. The summed E-state index contributed by atoms with van der Waals surface area (Å²) in [7, 11) is 4.35. The number of likely N-dealkylation sites (N-methyl/N-ethyl adjacent to an activating group) is 1. The molecule has 1 aromatic rings. The lowest BCUT2D eigenvalue weighted by Gasteiger charge is -2.49. The zero-order chi connectivity index (χ0) is 13.2. The van der Waals surface area contributed by atoms with E-state index in [1.807, 2.05) is 12.3 Å². The van der Waals surface area contributed by atoms with Crippen LogP contribution in [0.15, 0.2) is 23.0 Å². The van der Waals surface area contributed by atoms with Crippen molar-refractivity contribution < 1.29 is 4.42 Å². The van der Waals surface area contributed by atoms with Gasteiger partial charge in [-0.3, -0.25) is 0 Å². The molecule has 3 unspecified atom stereocenters. The average Bonchev–Trinajstić information content (AvgIpc) is 2.81. The van der Waals surface area contributed by atoms with Gasteiger partial charge in [-0.15, -0.1) is 0 Å². The van der Waals surface area contributed by atoms with Gasteiger partial charge in [-0.25, -0.2) is 0 Å². The number of hydrogen-bond donors (Lipinski definition) is 1. The minimum absolute atomic E-state index is 0.148. The summed E-state index contributed by atoms with van der Waals surface area (Å²) < 4.78 is 5.15. The van der Waals surface area contributed by atoms with Gasteiger partial charge in [-0.05, 0) is 50.9 Å². The molecule has 0 saturated heterocycles. The van der Waals surface area contributed by atoms with Crippen LogP contribution < -0.4 is 5.73 Å². The Hall–Kier alpha value is -0.800. The average molecular weight is 250 g/mol. The zero-order valence-electron chi connectivity index (χ0n) is 11.9. The van der Waals surface area contributed by atoms with Gasteiger partial charge in [-0.2, -0.15) is 0 Å². The Morgan fingerprint density at radius 2 is 2.33 bits per heavy atom. The standard InChI is InChI=1S/C15H26N2O/c1-12-5-4-7-15(10-12,17(2)3)14(16)9-13-6-8-18-11-13/h6,8,11-12,14H,4-5,7,9-10,16H2,1-3H3. The largest absolute Gasteiger partial charge is 0.472 e. The highest BCUT2D eigenvalue weighted by Gasteiger charge is 2.41. The SMILES string of the molecule is CC1CCCC(C(N)Cc2ccoc2)(N(C)C)C1. The fraction of sp³-hybridized carbons (Fsp3) is 0.733. The van der Waals surface area contributed by atoms with Gasteiger partial charge in [0.25, 0.3) is 0 Å². The molecule has 18 heavy (non-hydrogen) atoms. The van der Waals surface area contributed by atoms with Crippen LogP contribution in [0, 0.1) is 5.92 Å². The van der Waals surface area contributed by atoms with Gasteiger partial charge < -0.3 is 15.1 Å². The van der Waals surface area contributed by atoms with Gasteiger partial charge in [0, 0.05) is 11.6 Å². The van der Waals surface area contributed by atoms with Crippen molar-refractivity contribution in [1.29, 1.82) is 0 Å². The smallest absolute Gasteiger partial charge is 0.0935 e. The minimum Gasteiger partial charge on any atom is -0.472 e. The van der Waals surface area contributed by atoms with Gasteiger partial charge in [0.15, 0.2) is 0 Å². The van der Waals surface area contributed by atoms with E-state index in [4.69, 9.17) is 10.2 Å². The minimum atomic E-state index is 0.148. The highest BCUT2D eigenvalue weighted by Crippen LogP contribution is 2.38. The Labute approximate surface area is 110 Å². The monoisotopic (exact) mass is 250 g/mol. The maximum Gasteiger partial charge on any atom is 0.0935 e. The van der Waals surface area contributed by atoms with E-state index in [-0.39, 0.29) is 11.6 Å². The van der Waals surface area contributed by atoms with E-state index in [0.29, 0.717) is 0 Å². The lowest BCUT2D eigenvalue weighted by molar-refractivity contribution is 0.0503. The quantitative estimate of drug-likeness (QED) is 0.893. The molecule has 3 heteroatoms. The Morgan fingerprint density at radius 3 is 2.89 bits per heavy atom. The predicted molar refractivity (Wildman–Crippen MR) is 74.4 cm³/mol. The molecule has 0 aromatic carbocycles. The van der Waals surface area contributed by atoms with E-state index in [9.17, 15) is 0 Å². The molecule has 1 fully saturated rings. The van der Waals surface area contributed by atoms with Crippen LogP contribution >= 0.6 is 0 Å². The highest BCUT2D eigenvalue weighted by atomic mass is 16.3. The third-order valence-electron chi connectivity index (χ3n) is 4.63. The molecule has 0 bridgehead atoms. The van der Waals surface area contributed by atoms with Gasteiger partial charge >= 0.3 is 0 Å². The summed E-state index contributed by atoms with van der Waals surface area (Å²) in [5.41, 5.74) is 7.91. The Kier molecular flexibility index (Phi) is 4.13.